The van der Waals surface area contributed by atoms with Gasteiger partial charge < -0.3 is 5.73 Å². The highest BCUT2D eigenvalue weighted by molar-refractivity contribution is 6.42. The summed E-state index contributed by atoms with van der Waals surface area (Å²) in [5.74, 6) is 0. The summed E-state index contributed by atoms with van der Waals surface area (Å²) in [6, 6.07) is 5.62. The average Bonchev–Trinajstić information content (AvgIpc) is 2.59. The lowest BCUT2D eigenvalue weighted by Gasteiger charge is -2.06. The molecule has 3 nitrogen and oxygen atoms in total. The van der Waals surface area contributed by atoms with E-state index < -0.39 is 0 Å². The minimum atomic E-state index is 0.513. The quantitative estimate of drug-likeness (QED) is 0.939. The van der Waals surface area contributed by atoms with E-state index in [2.05, 4.69) is 5.10 Å². The maximum Gasteiger partial charge on any atom is 0.0663 e. The molecular weight excluding hydrogens is 269 g/mol. The van der Waals surface area contributed by atoms with E-state index in [1.165, 1.54) is 0 Å². The lowest BCUT2D eigenvalue weighted by atomic mass is 10.2. The predicted molar refractivity (Wildman–Crippen MR) is 75.2 cm³/mol. The van der Waals surface area contributed by atoms with Gasteiger partial charge in [-0.15, -0.1) is 0 Å². The Kier molecular flexibility index (Phi) is 3.95. The molecule has 96 valence electrons. The second kappa shape index (κ2) is 5.31. The number of aryl methyl sites for hydroxylation is 1. The molecule has 1 heterocycles. The van der Waals surface area contributed by atoms with Gasteiger partial charge in [0.25, 0.3) is 0 Å². The number of rotatable bonds is 3. The minimum absolute atomic E-state index is 0.513. The van der Waals surface area contributed by atoms with Crippen LogP contribution in [0.15, 0.2) is 18.2 Å². The molecule has 18 heavy (non-hydrogen) atoms. The predicted octanol–water partition coefficient (Wildman–Crippen LogP) is 3.31. The van der Waals surface area contributed by atoms with Crippen molar-refractivity contribution < 1.29 is 0 Å². The van der Waals surface area contributed by atoms with Crippen LogP contribution in [-0.4, -0.2) is 9.78 Å². The summed E-state index contributed by atoms with van der Waals surface area (Å²) in [7, 11) is 0. The summed E-state index contributed by atoms with van der Waals surface area (Å²) in [4.78, 5) is 0. The molecule has 0 aliphatic carbocycles. The maximum atomic E-state index is 6.00. The molecule has 0 saturated carbocycles. The van der Waals surface area contributed by atoms with Crippen LogP contribution >= 0.6 is 23.2 Å². The lowest BCUT2D eigenvalue weighted by Crippen LogP contribution is -2.05. The number of benzene rings is 1. The van der Waals surface area contributed by atoms with E-state index in [1.807, 2.05) is 30.7 Å². The third-order valence-corrected chi connectivity index (χ3v) is 3.79. The molecule has 0 aliphatic heterocycles. The van der Waals surface area contributed by atoms with Crippen molar-refractivity contribution in [1.82, 2.24) is 9.78 Å². The van der Waals surface area contributed by atoms with Crippen LogP contribution in [0.25, 0.3) is 0 Å². The molecule has 0 spiro atoms. The summed E-state index contributed by atoms with van der Waals surface area (Å²) < 4.78 is 1.94. The minimum Gasteiger partial charge on any atom is -0.326 e. The number of nitrogens with zero attached hydrogens (tertiary/aromatic N) is 2. The van der Waals surface area contributed by atoms with Gasteiger partial charge in [-0.1, -0.05) is 29.3 Å². The Hall–Kier alpha value is -1.03. The fraction of sp³-hybridized carbons (Fsp3) is 0.308. The Bertz CT molecular complexity index is 576. The summed E-state index contributed by atoms with van der Waals surface area (Å²) >= 11 is 11.9. The van der Waals surface area contributed by atoms with Crippen LogP contribution < -0.4 is 5.73 Å². The highest BCUT2D eigenvalue weighted by Gasteiger charge is 2.10. The first-order valence-corrected chi connectivity index (χ1v) is 6.45. The van der Waals surface area contributed by atoms with Crippen molar-refractivity contribution >= 4 is 23.2 Å². The van der Waals surface area contributed by atoms with E-state index in [4.69, 9.17) is 28.9 Å². The highest BCUT2D eigenvalue weighted by Crippen LogP contribution is 2.23. The summed E-state index contributed by atoms with van der Waals surface area (Å²) in [5.41, 5.74) is 9.96. The van der Waals surface area contributed by atoms with Crippen LogP contribution in [-0.2, 0) is 13.1 Å². The van der Waals surface area contributed by atoms with Gasteiger partial charge >= 0.3 is 0 Å². The summed E-state index contributed by atoms with van der Waals surface area (Å²) in [6.07, 6.45) is 0. The van der Waals surface area contributed by atoms with Crippen LogP contribution in [0.3, 0.4) is 0 Å². The Morgan fingerprint density at radius 1 is 1.22 bits per heavy atom. The van der Waals surface area contributed by atoms with Gasteiger partial charge in [0.2, 0.25) is 0 Å². The molecular formula is C13H15Cl2N3. The smallest absolute Gasteiger partial charge is 0.0663 e. The van der Waals surface area contributed by atoms with Gasteiger partial charge in [-0.05, 0) is 31.5 Å². The molecule has 0 fully saturated rings. The van der Waals surface area contributed by atoms with Gasteiger partial charge in [0, 0.05) is 17.8 Å². The normalized spacial score (nSPS) is 10.9. The second-order valence-electron chi connectivity index (χ2n) is 4.26. The number of aromatic nitrogens is 2. The molecule has 0 aliphatic rings. The second-order valence-corrected chi connectivity index (χ2v) is 5.07. The van der Waals surface area contributed by atoms with E-state index in [-0.39, 0.29) is 0 Å². The lowest BCUT2D eigenvalue weighted by molar-refractivity contribution is 0.658. The van der Waals surface area contributed by atoms with Gasteiger partial charge in [0.1, 0.15) is 0 Å². The molecule has 2 aromatic rings. The SMILES string of the molecule is Cc1nn(Cc2ccc(Cl)c(Cl)c2)c(C)c1CN. The van der Waals surface area contributed by atoms with Crippen molar-refractivity contribution in [3.05, 3.63) is 50.8 Å². The highest BCUT2D eigenvalue weighted by atomic mass is 35.5. The Labute approximate surface area is 117 Å². The fourth-order valence-corrected chi connectivity index (χ4v) is 2.31. The van der Waals surface area contributed by atoms with E-state index in [0.29, 0.717) is 23.1 Å². The van der Waals surface area contributed by atoms with E-state index in [0.717, 1.165) is 22.5 Å². The van der Waals surface area contributed by atoms with Crippen molar-refractivity contribution in [2.75, 3.05) is 0 Å². The van der Waals surface area contributed by atoms with Gasteiger partial charge in [0.05, 0.1) is 22.3 Å². The molecule has 0 atom stereocenters. The molecule has 2 rings (SSSR count). The number of nitrogens with two attached hydrogens (primary N) is 1. The average molecular weight is 284 g/mol. The van der Waals surface area contributed by atoms with Gasteiger partial charge in [0.15, 0.2) is 0 Å². The van der Waals surface area contributed by atoms with Crippen LogP contribution in [0.4, 0.5) is 0 Å². The first-order valence-electron chi connectivity index (χ1n) is 5.69. The summed E-state index contributed by atoms with van der Waals surface area (Å²) in [6.45, 7) is 5.18. The van der Waals surface area contributed by atoms with Crippen molar-refractivity contribution in [3.63, 3.8) is 0 Å². The Balaban J connectivity index is 2.31. The third kappa shape index (κ3) is 2.53. The van der Waals surface area contributed by atoms with Crippen molar-refractivity contribution in [3.8, 4) is 0 Å². The van der Waals surface area contributed by atoms with Crippen LogP contribution in [0.2, 0.25) is 10.0 Å². The van der Waals surface area contributed by atoms with Crippen molar-refractivity contribution in [2.24, 2.45) is 5.73 Å². The molecule has 0 bridgehead atoms. The largest absolute Gasteiger partial charge is 0.326 e. The molecule has 0 unspecified atom stereocenters. The number of halogens is 2. The molecule has 0 saturated heterocycles. The molecule has 0 radical (unpaired) electrons. The monoisotopic (exact) mass is 283 g/mol. The zero-order chi connectivity index (χ0) is 13.3. The number of hydrogen-bond donors (Lipinski definition) is 1. The van der Waals surface area contributed by atoms with E-state index >= 15 is 0 Å². The number of hydrogen-bond acceptors (Lipinski definition) is 2. The topological polar surface area (TPSA) is 43.8 Å². The standard InChI is InChI=1S/C13H15Cl2N3/c1-8-11(6-16)9(2)18(17-8)7-10-3-4-12(14)13(15)5-10/h3-5H,6-7,16H2,1-2H3. The van der Waals surface area contributed by atoms with Gasteiger partial charge in [-0.25, -0.2) is 0 Å². The summed E-state index contributed by atoms with van der Waals surface area (Å²) in [5, 5.41) is 5.62. The first kappa shape index (κ1) is 13.4. The van der Waals surface area contributed by atoms with Crippen LogP contribution in [0.5, 0.6) is 0 Å². The van der Waals surface area contributed by atoms with Gasteiger partial charge in [-0.2, -0.15) is 5.10 Å². The van der Waals surface area contributed by atoms with E-state index in [1.54, 1.807) is 6.07 Å². The van der Waals surface area contributed by atoms with Crippen LogP contribution in [0.1, 0.15) is 22.5 Å². The fourth-order valence-electron chi connectivity index (χ4n) is 1.99. The first-order chi connectivity index (χ1) is 8.52. The van der Waals surface area contributed by atoms with Crippen molar-refractivity contribution in [2.45, 2.75) is 26.9 Å². The van der Waals surface area contributed by atoms with E-state index in [9.17, 15) is 0 Å². The zero-order valence-electron chi connectivity index (χ0n) is 10.4. The third-order valence-electron chi connectivity index (χ3n) is 3.05. The molecule has 0 amide bonds. The maximum absolute atomic E-state index is 6.00. The van der Waals surface area contributed by atoms with Gasteiger partial charge in [-0.3, -0.25) is 4.68 Å². The molecule has 1 aromatic heterocycles. The zero-order valence-corrected chi connectivity index (χ0v) is 11.9. The molecule has 1 aromatic carbocycles. The Morgan fingerprint density at radius 2 is 1.94 bits per heavy atom. The Morgan fingerprint density at radius 3 is 2.50 bits per heavy atom. The molecule has 2 N–H and O–H groups in total. The molecule has 5 heteroatoms. The van der Waals surface area contributed by atoms with Crippen LogP contribution in [0, 0.1) is 13.8 Å². The van der Waals surface area contributed by atoms with Crippen molar-refractivity contribution in [1.29, 1.82) is 0 Å².